The van der Waals surface area contributed by atoms with Crippen molar-refractivity contribution in [1.29, 1.82) is 0 Å². The summed E-state index contributed by atoms with van der Waals surface area (Å²) in [5.74, 6) is 0.242. The Labute approximate surface area is 112 Å². The molecule has 1 saturated heterocycles. The summed E-state index contributed by atoms with van der Waals surface area (Å²) in [4.78, 5) is 0.231. The lowest BCUT2D eigenvalue weighted by Gasteiger charge is -2.16. The molecule has 0 radical (unpaired) electrons. The topological polar surface area (TPSA) is 9.23 Å². The number of alkyl halides is 1. The van der Waals surface area contributed by atoms with Gasteiger partial charge in [0.25, 0.3) is 0 Å². The predicted molar refractivity (Wildman–Crippen MR) is 69.3 cm³/mol. The highest BCUT2D eigenvalue weighted by atomic mass is 79.9. The molecule has 1 aromatic carbocycles. The Morgan fingerprint density at radius 3 is 2.81 bits per heavy atom. The van der Waals surface area contributed by atoms with E-state index in [-0.39, 0.29) is 10.6 Å². The monoisotopic (exact) mass is 350 g/mol. The Morgan fingerprint density at radius 1 is 1.50 bits per heavy atom. The van der Waals surface area contributed by atoms with Gasteiger partial charge in [-0.3, -0.25) is 0 Å². The summed E-state index contributed by atoms with van der Waals surface area (Å²) in [5.41, 5.74) is 1.09. The Kier molecular flexibility index (Phi) is 4.03. The van der Waals surface area contributed by atoms with Gasteiger partial charge in [-0.15, -0.1) is 0 Å². The average molecular weight is 352 g/mol. The summed E-state index contributed by atoms with van der Waals surface area (Å²) in [6.45, 7) is 2.85. The van der Waals surface area contributed by atoms with E-state index < -0.39 is 0 Å². The summed E-state index contributed by atoms with van der Waals surface area (Å²) < 4.78 is 19.2. The molecule has 1 aromatic rings. The van der Waals surface area contributed by atoms with Crippen LogP contribution in [0.4, 0.5) is 4.39 Å². The van der Waals surface area contributed by atoms with Crippen molar-refractivity contribution < 1.29 is 9.13 Å². The second-order valence-corrected chi connectivity index (χ2v) is 6.06. The predicted octanol–water partition coefficient (Wildman–Crippen LogP) is 4.45. The van der Waals surface area contributed by atoms with E-state index in [1.807, 2.05) is 12.1 Å². The second-order valence-electron chi connectivity index (χ2n) is 4.22. The third-order valence-electron chi connectivity index (χ3n) is 2.91. The van der Waals surface area contributed by atoms with Gasteiger partial charge in [0.05, 0.1) is 17.2 Å². The van der Waals surface area contributed by atoms with Crippen LogP contribution in [0.15, 0.2) is 22.7 Å². The fraction of sp³-hybridized carbons (Fsp3) is 0.500. The van der Waals surface area contributed by atoms with Crippen LogP contribution >= 0.6 is 31.9 Å². The minimum Gasteiger partial charge on any atom is -0.378 e. The zero-order valence-corrected chi connectivity index (χ0v) is 12.1. The van der Waals surface area contributed by atoms with E-state index in [4.69, 9.17) is 4.74 Å². The maximum absolute atomic E-state index is 13.1. The van der Waals surface area contributed by atoms with Crippen LogP contribution < -0.4 is 0 Å². The first-order valence-corrected chi connectivity index (χ1v) is 6.99. The van der Waals surface area contributed by atoms with Crippen LogP contribution in [0.2, 0.25) is 0 Å². The molecule has 0 aromatic heterocycles. The summed E-state index contributed by atoms with van der Waals surface area (Å²) >= 11 is 6.88. The molecular weight excluding hydrogens is 339 g/mol. The highest BCUT2D eigenvalue weighted by Gasteiger charge is 2.29. The highest BCUT2D eigenvalue weighted by Crippen LogP contribution is 2.38. The third-order valence-corrected chi connectivity index (χ3v) is 4.79. The Balaban J connectivity index is 2.14. The van der Waals surface area contributed by atoms with Gasteiger partial charge >= 0.3 is 0 Å². The first-order valence-electron chi connectivity index (χ1n) is 5.28. The molecule has 0 bridgehead atoms. The first-order chi connectivity index (χ1) is 7.58. The van der Waals surface area contributed by atoms with Crippen molar-refractivity contribution in [1.82, 2.24) is 0 Å². The molecule has 0 aliphatic carbocycles. The van der Waals surface area contributed by atoms with E-state index in [9.17, 15) is 4.39 Å². The normalized spacial score (nSPS) is 27.0. The van der Waals surface area contributed by atoms with Crippen LogP contribution in [-0.4, -0.2) is 12.7 Å². The summed E-state index contributed by atoms with van der Waals surface area (Å²) in [7, 11) is 0. The van der Waals surface area contributed by atoms with Gasteiger partial charge in [-0.1, -0.05) is 22.0 Å². The van der Waals surface area contributed by atoms with Gasteiger partial charge in [-0.2, -0.15) is 0 Å². The summed E-state index contributed by atoms with van der Waals surface area (Å²) in [6.07, 6.45) is 1.37. The van der Waals surface area contributed by atoms with Crippen LogP contribution in [-0.2, 0) is 4.74 Å². The minimum atomic E-state index is -0.223. The van der Waals surface area contributed by atoms with Crippen LogP contribution in [0.25, 0.3) is 0 Å². The van der Waals surface area contributed by atoms with Crippen molar-refractivity contribution in [2.24, 2.45) is 5.92 Å². The summed E-state index contributed by atoms with van der Waals surface area (Å²) in [5, 5.41) is 0. The van der Waals surface area contributed by atoms with Gasteiger partial charge in [0.2, 0.25) is 0 Å². The van der Waals surface area contributed by atoms with E-state index in [2.05, 4.69) is 38.8 Å². The van der Waals surface area contributed by atoms with Gasteiger partial charge in [0, 0.05) is 10.7 Å². The standard InChI is InChI=1S/C12H13Br2FO/c1-7-4-9(6-16-7)12(14)8-2-3-11(15)10(13)5-8/h2-3,5,7,9,12H,4,6H2,1H3. The molecular formula is C12H13Br2FO. The van der Waals surface area contributed by atoms with Crippen molar-refractivity contribution in [3.8, 4) is 0 Å². The summed E-state index contributed by atoms with van der Waals surface area (Å²) in [6, 6.07) is 5.15. The van der Waals surface area contributed by atoms with E-state index in [0.717, 1.165) is 18.6 Å². The maximum atomic E-state index is 13.1. The Bertz CT molecular complexity index is 383. The van der Waals surface area contributed by atoms with Gasteiger partial charge < -0.3 is 4.74 Å². The quantitative estimate of drug-likeness (QED) is 0.715. The molecule has 1 heterocycles. The SMILES string of the molecule is CC1CC(C(Br)c2ccc(F)c(Br)c2)CO1. The Morgan fingerprint density at radius 2 is 2.25 bits per heavy atom. The minimum absolute atomic E-state index is 0.223. The average Bonchev–Trinajstić information content (AvgIpc) is 2.68. The van der Waals surface area contributed by atoms with Crippen molar-refractivity contribution in [3.63, 3.8) is 0 Å². The smallest absolute Gasteiger partial charge is 0.137 e. The van der Waals surface area contributed by atoms with Crippen molar-refractivity contribution >= 4 is 31.9 Å². The maximum Gasteiger partial charge on any atom is 0.137 e. The van der Waals surface area contributed by atoms with Crippen molar-refractivity contribution in [2.75, 3.05) is 6.61 Å². The number of ether oxygens (including phenoxy) is 1. The molecule has 4 heteroatoms. The number of rotatable bonds is 2. The van der Waals surface area contributed by atoms with Gasteiger partial charge in [0.15, 0.2) is 0 Å². The molecule has 1 aliphatic heterocycles. The van der Waals surface area contributed by atoms with E-state index >= 15 is 0 Å². The molecule has 16 heavy (non-hydrogen) atoms. The number of hydrogen-bond donors (Lipinski definition) is 0. The molecule has 3 unspecified atom stereocenters. The molecule has 88 valence electrons. The lowest BCUT2D eigenvalue weighted by molar-refractivity contribution is 0.120. The third kappa shape index (κ3) is 2.66. The fourth-order valence-corrected chi connectivity index (χ4v) is 3.06. The molecule has 3 atom stereocenters. The number of hydrogen-bond acceptors (Lipinski definition) is 1. The van der Waals surface area contributed by atoms with E-state index in [1.165, 1.54) is 6.07 Å². The zero-order chi connectivity index (χ0) is 11.7. The van der Waals surface area contributed by atoms with Crippen LogP contribution in [0, 0.1) is 11.7 Å². The second kappa shape index (κ2) is 5.15. The molecule has 0 spiro atoms. The van der Waals surface area contributed by atoms with Crippen molar-refractivity contribution in [3.05, 3.63) is 34.1 Å². The Hall–Kier alpha value is 0.0700. The molecule has 0 saturated carbocycles. The largest absolute Gasteiger partial charge is 0.378 e. The molecule has 0 amide bonds. The van der Waals surface area contributed by atoms with Crippen LogP contribution in [0.3, 0.4) is 0 Å². The number of halogens is 3. The molecule has 1 aliphatic rings. The number of benzene rings is 1. The van der Waals surface area contributed by atoms with E-state index in [0.29, 0.717) is 16.5 Å². The molecule has 2 rings (SSSR count). The lowest BCUT2D eigenvalue weighted by atomic mass is 9.97. The molecule has 1 nitrogen and oxygen atoms in total. The van der Waals surface area contributed by atoms with Gasteiger partial charge in [0.1, 0.15) is 5.82 Å². The van der Waals surface area contributed by atoms with Crippen molar-refractivity contribution in [2.45, 2.75) is 24.3 Å². The fourth-order valence-electron chi connectivity index (χ4n) is 2.01. The van der Waals surface area contributed by atoms with Crippen LogP contribution in [0.5, 0.6) is 0 Å². The lowest BCUT2D eigenvalue weighted by Crippen LogP contribution is -2.07. The molecule has 0 N–H and O–H groups in total. The van der Waals surface area contributed by atoms with Crippen LogP contribution in [0.1, 0.15) is 23.7 Å². The highest BCUT2D eigenvalue weighted by molar-refractivity contribution is 9.10. The van der Waals surface area contributed by atoms with Gasteiger partial charge in [-0.05, 0) is 47.0 Å². The van der Waals surface area contributed by atoms with E-state index in [1.54, 1.807) is 0 Å². The molecule has 1 fully saturated rings. The van der Waals surface area contributed by atoms with Gasteiger partial charge in [-0.25, -0.2) is 4.39 Å². The zero-order valence-electron chi connectivity index (χ0n) is 8.92. The first kappa shape index (κ1) is 12.5.